The number of carbonyl (C=O) groups excluding carboxylic acids is 1. The second kappa shape index (κ2) is 7.09. The average molecular weight is 345 g/mol. The van der Waals surface area contributed by atoms with E-state index in [-0.39, 0.29) is 23.9 Å². The van der Waals surface area contributed by atoms with Crippen LogP contribution in [-0.2, 0) is 11.3 Å². The Hall–Kier alpha value is -2.28. The third-order valence-corrected chi connectivity index (χ3v) is 5.10. The van der Waals surface area contributed by atoms with Crippen LogP contribution < -0.4 is 15.6 Å². The van der Waals surface area contributed by atoms with Gasteiger partial charge in [0.2, 0.25) is 5.91 Å². The van der Waals surface area contributed by atoms with Gasteiger partial charge in [0.05, 0.1) is 13.2 Å². The van der Waals surface area contributed by atoms with Crippen LogP contribution >= 0.6 is 11.8 Å². The van der Waals surface area contributed by atoms with E-state index in [0.29, 0.717) is 23.0 Å². The Morgan fingerprint density at radius 1 is 1.46 bits per heavy atom. The van der Waals surface area contributed by atoms with Crippen LogP contribution in [0.2, 0.25) is 0 Å². The molecule has 2 heterocycles. The van der Waals surface area contributed by atoms with Crippen molar-refractivity contribution in [2.24, 2.45) is 0 Å². The predicted octanol–water partition coefficient (Wildman–Crippen LogP) is 1.91. The Morgan fingerprint density at radius 2 is 2.25 bits per heavy atom. The largest absolute Gasteiger partial charge is 0.496 e. The first-order valence-electron chi connectivity index (χ1n) is 7.69. The molecule has 0 spiro atoms. The summed E-state index contributed by atoms with van der Waals surface area (Å²) in [6.45, 7) is 2.14. The molecule has 0 saturated heterocycles. The summed E-state index contributed by atoms with van der Waals surface area (Å²) in [5.74, 6) is 1.34. The van der Waals surface area contributed by atoms with Crippen molar-refractivity contribution in [3.8, 4) is 5.75 Å². The van der Waals surface area contributed by atoms with Gasteiger partial charge in [-0.1, -0.05) is 30.0 Å². The number of fused-ring (bicyclic) bond motifs is 1. The molecule has 6 nitrogen and oxygen atoms in total. The van der Waals surface area contributed by atoms with E-state index < -0.39 is 0 Å². The van der Waals surface area contributed by atoms with Crippen LogP contribution in [0.1, 0.15) is 23.6 Å². The Morgan fingerprint density at radius 3 is 3.04 bits per heavy atom. The van der Waals surface area contributed by atoms with Crippen LogP contribution in [0.25, 0.3) is 0 Å². The number of hydrogen-bond donors (Lipinski definition) is 1. The topological polar surface area (TPSA) is 73.2 Å². The Labute approximate surface area is 144 Å². The van der Waals surface area contributed by atoms with Gasteiger partial charge in [-0.3, -0.25) is 14.2 Å². The van der Waals surface area contributed by atoms with Crippen molar-refractivity contribution in [3.63, 3.8) is 0 Å². The molecule has 1 N–H and O–H groups in total. The standard InChI is InChI=1S/C17H19N3O3S/c1-11-8-19-17-20(16(11)22)13(10-24-17)7-15(21)18-9-12-5-3-4-6-14(12)23-2/h3-6,8,13H,7,9-10H2,1-2H3,(H,18,21)/t13-/m0/s1. The molecule has 126 valence electrons. The number of aromatic nitrogens is 2. The Bertz CT molecular complexity index is 819. The zero-order valence-corrected chi connectivity index (χ0v) is 14.4. The van der Waals surface area contributed by atoms with Gasteiger partial charge in [-0.15, -0.1) is 0 Å². The predicted molar refractivity (Wildman–Crippen MR) is 92.5 cm³/mol. The molecule has 1 aromatic heterocycles. The molecule has 0 unspecified atom stereocenters. The maximum atomic E-state index is 12.3. The Kier molecular flexibility index (Phi) is 4.89. The van der Waals surface area contributed by atoms with Gasteiger partial charge in [0.25, 0.3) is 5.56 Å². The summed E-state index contributed by atoms with van der Waals surface area (Å²) < 4.78 is 6.92. The third kappa shape index (κ3) is 3.31. The lowest BCUT2D eigenvalue weighted by Crippen LogP contribution is -2.31. The summed E-state index contributed by atoms with van der Waals surface area (Å²) in [5, 5.41) is 3.59. The fraction of sp³-hybridized carbons (Fsp3) is 0.353. The van der Waals surface area contributed by atoms with Gasteiger partial charge in [-0.2, -0.15) is 0 Å². The lowest BCUT2D eigenvalue weighted by atomic mass is 10.2. The highest BCUT2D eigenvalue weighted by Gasteiger charge is 2.27. The maximum absolute atomic E-state index is 12.3. The minimum Gasteiger partial charge on any atom is -0.496 e. The number of hydrogen-bond acceptors (Lipinski definition) is 5. The molecule has 2 aromatic rings. The minimum atomic E-state index is -0.150. The SMILES string of the molecule is COc1ccccc1CNC(=O)C[C@H]1CSc2ncc(C)c(=O)n21. The smallest absolute Gasteiger partial charge is 0.257 e. The number of rotatable bonds is 5. The number of methoxy groups -OCH3 is 1. The van der Waals surface area contributed by atoms with Crippen molar-refractivity contribution in [3.05, 3.63) is 51.9 Å². The van der Waals surface area contributed by atoms with E-state index in [1.807, 2.05) is 24.3 Å². The van der Waals surface area contributed by atoms with Gasteiger partial charge in [0.1, 0.15) is 5.75 Å². The van der Waals surface area contributed by atoms with E-state index in [1.165, 1.54) is 11.8 Å². The fourth-order valence-corrected chi connectivity index (χ4v) is 3.81. The molecule has 0 saturated carbocycles. The van der Waals surface area contributed by atoms with Crippen molar-refractivity contribution in [1.29, 1.82) is 0 Å². The molecule has 1 atom stereocenters. The van der Waals surface area contributed by atoms with Crippen LogP contribution in [0.15, 0.2) is 40.4 Å². The monoisotopic (exact) mass is 345 g/mol. The first-order valence-corrected chi connectivity index (χ1v) is 8.68. The molecule has 7 heteroatoms. The molecule has 1 amide bonds. The van der Waals surface area contributed by atoms with Crippen LogP contribution in [0.4, 0.5) is 0 Å². The number of nitrogens with one attached hydrogen (secondary N) is 1. The summed E-state index contributed by atoms with van der Waals surface area (Å²) in [6, 6.07) is 7.42. The molecule has 0 fully saturated rings. The fourth-order valence-electron chi connectivity index (χ4n) is 2.70. The Balaban J connectivity index is 1.65. The number of carbonyl (C=O) groups is 1. The average Bonchev–Trinajstić information content (AvgIpc) is 3.00. The zero-order valence-electron chi connectivity index (χ0n) is 13.6. The first kappa shape index (κ1) is 16.6. The van der Waals surface area contributed by atoms with Crippen LogP contribution in [-0.4, -0.2) is 28.3 Å². The van der Waals surface area contributed by atoms with Crippen molar-refractivity contribution < 1.29 is 9.53 Å². The summed E-state index contributed by atoms with van der Waals surface area (Å²) in [6.07, 6.45) is 1.85. The molecule has 1 aliphatic heterocycles. The highest BCUT2D eigenvalue weighted by atomic mass is 32.2. The van der Waals surface area contributed by atoms with Crippen LogP contribution in [0.3, 0.4) is 0 Å². The normalized spacial score (nSPS) is 15.8. The zero-order chi connectivity index (χ0) is 17.1. The summed E-state index contributed by atoms with van der Waals surface area (Å²) in [5.41, 5.74) is 1.46. The molecule has 1 aliphatic rings. The van der Waals surface area contributed by atoms with Gasteiger partial charge in [-0.05, 0) is 13.0 Å². The minimum absolute atomic E-state index is 0.0625. The lowest BCUT2D eigenvalue weighted by molar-refractivity contribution is -0.121. The highest BCUT2D eigenvalue weighted by Crippen LogP contribution is 2.31. The number of thioether (sulfide) groups is 1. The van der Waals surface area contributed by atoms with Gasteiger partial charge < -0.3 is 10.1 Å². The van der Waals surface area contributed by atoms with Crippen molar-refractivity contribution in [2.75, 3.05) is 12.9 Å². The quantitative estimate of drug-likeness (QED) is 0.838. The van der Waals surface area contributed by atoms with Crippen molar-refractivity contribution >= 4 is 17.7 Å². The number of amides is 1. The second-order valence-electron chi connectivity index (χ2n) is 5.66. The van der Waals surface area contributed by atoms with E-state index >= 15 is 0 Å². The molecule has 0 bridgehead atoms. The van der Waals surface area contributed by atoms with E-state index in [0.717, 1.165) is 11.3 Å². The second-order valence-corrected chi connectivity index (χ2v) is 6.64. The van der Waals surface area contributed by atoms with E-state index in [4.69, 9.17) is 4.74 Å². The summed E-state index contributed by atoms with van der Waals surface area (Å²) >= 11 is 1.51. The molecule has 0 radical (unpaired) electrons. The first-order chi connectivity index (χ1) is 11.6. The van der Waals surface area contributed by atoms with E-state index in [9.17, 15) is 9.59 Å². The number of aryl methyl sites for hydroxylation is 1. The van der Waals surface area contributed by atoms with Crippen LogP contribution in [0, 0.1) is 6.92 Å². The highest BCUT2D eigenvalue weighted by molar-refractivity contribution is 7.99. The molecule has 0 aliphatic carbocycles. The number of benzene rings is 1. The van der Waals surface area contributed by atoms with Gasteiger partial charge in [0.15, 0.2) is 5.16 Å². The van der Waals surface area contributed by atoms with Gasteiger partial charge >= 0.3 is 0 Å². The number of nitrogens with zero attached hydrogens (tertiary/aromatic N) is 2. The van der Waals surface area contributed by atoms with Gasteiger partial charge in [-0.25, -0.2) is 4.98 Å². The van der Waals surface area contributed by atoms with Crippen LogP contribution in [0.5, 0.6) is 5.75 Å². The number of para-hydroxylation sites is 1. The van der Waals surface area contributed by atoms with Gasteiger partial charge in [0, 0.05) is 36.0 Å². The molecular weight excluding hydrogens is 326 g/mol. The molecular formula is C17H19N3O3S. The summed E-state index contributed by atoms with van der Waals surface area (Å²) in [7, 11) is 1.61. The maximum Gasteiger partial charge on any atom is 0.257 e. The molecule has 24 heavy (non-hydrogen) atoms. The molecule has 1 aromatic carbocycles. The van der Waals surface area contributed by atoms with Crippen molar-refractivity contribution in [2.45, 2.75) is 31.1 Å². The number of ether oxygens (including phenoxy) is 1. The van der Waals surface area contributed by atoms with Crippen molar-refractivity contribution in [1.82, 2.24) is 14.9 Å². The van der Waals surface area contributed by atoms with E-state index in [1.54, 1.807) is 24.8 Å². The van der Waals surface area contributed by atoms with E-state index in [2.05, 4.69) is 10.3 Å². The molecule has 3 rings (SSSR count). The summed E-state index contributed by atoms with van der Waals surface area (Å²) in [4.78, 5) is 28.8. The third-order valence-electron chi connectivity index (χ3n) is 3.99. The lowest BCUT2D eigenvalue weighted by Gasteiger charge is -2.14.